The third kappa shape index (κ3) is 5.16. The summed E-state index contributed by atoms with van der Waals surface area (Å²) in [7, 11) is 0. The number of aryl methyl sites for hydroxylation is 2. The summed E-state index contributed by atoms with van der Waals surface area (Å²) in [6.45, 7) is 12.5. The molecule has 4 rings (SSSR count). The van der Waals surface area contributed by atoms with Crippen LogP contribution in [0, 0.1) is 13.8 Å². The van der Waals surface area contributed by atoms with Gasteiger partial charge in [0.1, 0.15) is 0 Å². The number of amides is 1. The summed E-state index contributed by atoms with van der Waals surface area (Å²) >= 11 is 0. The number of rotatable bonds is 5. The molecule has 0 atom stereocenters. The number of hydrogen-bond donors (Lipinski definition) is 0. The minimum absolute atomic E-state index is 0.258. The minimum Gasteiger partial charge on any atom is -0.368 e. The average Bonchev–Trinajstić information content (AvgIpc) is 3.14. The van der Waals surface area contributed by atoms with E-state index >= 15 is 0 Å². The molecule has 0 bridgehead atoms. The third-order valence-corrected chi connectivity index (χ3v) is 5.88. The van der Waals surface area contributed by atoms with Crippen molar-refractivity contribution in [1.29, 1.82) is 0 Å². The van der Waals surface area contributed by atoms with Gasteiger partial charge in [-0.1, -0.05) is 17.3 Å². The first-order chi connectivity index (χ1) is 14.1. The Morgan fingerprint density at radius 1 is 0.966 bits per heavy atom. The molecule has 1 amide bonds. The molecule has 1 aromatic carbocycles. The topological polar surface area (TPSA) is 56.1 Å². The van der Waals surface area contributed by atoms with Crippen LogP contribution in [0.2, 0.25) is 0 Å². The van der Waals surface area contributed by atoms with Crippen molar-refractivity contribution < 1.29 is 9.32 Å². The summed E-state index contributed by atoms with van der Waals surface area (Å²) in [5.74, 6) is 1.17. The van der Waals surface area contributed by atoms with E-state index in [2.05, 4.69) is 51.0 Å². The quantitative estimate of drug-likeness (QED) is 0.766. The molecule has 0 spiro atoms. The fraction of sp³-hybridized carbons (Fsp3) is 0.545. The van der Waals surface area contributed by atoms with Crippen molar-refractivity contribution in [2.45, 2.75) is 20.4 Å². The first kappa shape index (κ1) is 19.9. The highest BCUT2D eigenvalue weighted by atomic mass is 16.5. The first-order valence-electron chi connectivity index (χ1n) is 10.5. The molecule has 0 saturated carbocycles. The normalized spacial score (nSPS) is 19.0. The molecule has 2 aromatic rings. The predicted molar refractivity (Wildman–Crippen MR) is 113 cm³/mol. The van der Waals surface area contributed by atoms with Crippen molar-refractivity contribution >= 4 is 11.6 Å². The van der Waals surface area contributed by atoms with E-state index in [-0.39, 0.29) is 5.91 Å². The molecule has 0 unspecified atom stereocenters. The number of hydrogen-bond acceptors (Lipinski definition) is 6. The van der Waals surface area contributed by atoms with E-state index in [0.717, 1.165) is 70.4 Å². The molecule has 0 aliphatic carbocycles. The monoisotopic (exact) mass is 397 g/mol. The zero-order valence-electron chi connectivity index (χ0n) is 17.5. The Balaban J connectivity index is 1.19. The van der Waals surface area contributed by atoms with Gasteiger partial charge in [-0.05, 0) is 31.5 Å². The van der Waals surface area contributed by atoms with Crippen LogP contribution in [-0.2, 0) is 11.3 Å². The van der Waals surface area contributed by atoms with E-state index in [1.54, 1.807) is 0 Å². The van der Waals surface area contributed by atoms with Crippen LogP contribution in [0.5, 0.6) is 0 Å². The maximum Gasteiger partial charge on any atom is 0.236 e. The fourth-order valence-electron chi connectivity index (χ4n) is 4.15. The SMILES string of the molecule is Cc1cccc(N2CCN(C(=O)CN3CCN(Cc4cc(C)no4)CC3)CC2)c1. The molecule has 2 saturated heterocycles. The molecule has 0 radical (unpaired) electrons. The van der Waals surface area contributed by atoms with Gasteiger partial charge in [0.2, 0.25) is 5.91 Å². The number of anilines is 1. The number of nitrogens with zero attached hydrogens (tertiary/aromatic N) is 5. The summed E-state index contributed by atoms with van der Waals surface area (Å²) in [6.07, 6.45) is 0. The van der Waals surface area contributed by atoms with Gasteiger partial charge in [0.05, 0.1) is 18.8 Å². The molecular weight excluding hydrogens is 366 g/mol. The third-order valence-electron chi connectivity index (χ3n) is 5.88. The molecule has 0 N–H and O–H groups in total. The molecule has 29 heavy (non-hydrogen) atoms. The van der Waals surface area contributed by atoms with Crippen LogP contribution in [-0.4, -0.2) is 84.7 Å². The maximum absolute atomic E-state index is 12.8. The number of piperazine rings is 2. The number of aromatic nitrogens is 1. The van der Waals surface area contributed by atoms with Gasteiger partial charge in [-0.15, -0.1) is 0 Å². The lowest BCUT2D eigenvalue weighted by Gasteiger charge is -2.38. The van der Waals surface area contributed by atoms with Gasteiger partial charge < -0.3 is 14.3 Å². The van der Waals surface area contributed by atoms with Crippen molar-refractivity contribution in [3.05, 3.63) is 47.3 Å². The molecule has 7 heteroatoms. The lowest BCUT2D eigenvalue weighted by molar-refractivity contribution is -0.133. The van der Waals surface area contributed by atoms with Crippen LogP contribution in [0.1, 0.15) is 17.0 Å². The zero-order chi connectivity index (χ0) is 20.2. The van der Waals surface area contributed by atoms with Gasteiger partial charge in [-0.2, -0.15) is 0 Å². The second kappa shape index (κ2) is 8.97. The minimum atomic E-state index is 0.258. The predicted octanol–water partition coefficient (Wildman–Crippen LogP) is 1.76. The van der Waals surface area contributed by atoms with Crippen LogP contribution in [0.4, 0.5) is 5.69 Å². The molecule has 1 aromatic heterocycles. The van der Waals surface area contributed by atoms with Gasteiger partial charge in [0.15, 0.2) is 5.76 Å². The largest absolute Gasteiger partial charge is 0.368 e. The van der Waals surface area contributed by atoms with Crippen LogP contribution < -0.4 is 4.90 Å². The van der Waals surface area contributed by atoms with E-state index in [9.17, 15) is 4.79 Å². The molecular formula is C22H31N5O2. The Bertz CT molecular complexity index is 820. The summed E-state index contributed by atoms with van der Waals surface area (Å²) < 4.78 is 5.31. The van der Waals surface area contributed by atoms with E-state index in [0.29, 0.717) is 6.54 Å². The summed E-state index contributed by atoms with van der Waals surface area (Å²) in [6, 6.07) is 10.6. The molecule has 2 aliphatic heterocycles. The van der Waals surface area contributed by atoms with Gasteiger partial charge in [-0.25, -0.2) is 0 Å². The van der Waals surface area contributed by atoms with Crippen molar-refractivity contribution in [2.24, 2.45) is 0 Å². The number of carbonyl (C=O) groups is 1. The van der Waals surface area contributed by atoms with E-state index < -0.39 is 0 Å². The Labute approximate surface area is 172 Å². The van der Waals surface area contributed by atoms with Crippen molar-refractivity contribution in [1.82, 2.24) is 19.9 Å². The van der Waals surface area contributed by atoms with Gasteiger partial charge in [-0.3, -0.25) is 14.6 Å². The highest BCUT2D eigenvalue weighted by Gasteiger charge is 2.25. The smallest absolute Gasteiger partial charge is 0.236 e. The number of benzene rings is 1. The molecule has 7 nitrogen and oxygen atoms in total. The Morgan fingerprint density at radius 3 is 2.34 bits per heavy atom. The molecule has 2 fully saturated rings. The molecule has 3 heterocycles. The van der Waals surface area contributed by atoms with Crippen LogP contribution >= 0.6 is 0 Å². The zero-order valence-corrected chi connectivity index (χ0v) is 17.5. The standard InChI is InChI=1S/C22H31N5O2/c1-18-4-3-5-20(14-18)26-10-12-27(13-11-26)22(28)17-25-8-6-24(7-9-25)16-21-15-19(2)23-29-21/h3-5,14-15H,6-13,16-17H2,1-2H3. The fourth-order valence-corrected chi connectivity index (χ4v) is 4.15. The second-order valence-electron chi connectivity index (χ2n) is 8.19. The Kier molecular flexibility index (Phi) is 6.16. The lowest BCUT2D eigenvalue weighted by atomic mass is 10.2. The molecule has 2 aliphatic rings. The van der Waals surface area contributed by atoms with E-state index in [4.69, 9.17) is 4.52 Å². The highest BCUT2D eigenvalue weighted by molar-refractivity contribution is 5.78. The van der Waals surface area contributed by atoms with Crippen molar-refractivity contribution in [2.75, 3.05) is 63.8 Å². The maximum atomic E-state index is 12.8. The van der Waals surface area contributed by atoms with Crippen LogP contribution in [0.25, 0.3) is 0 Å². The van der Waals surface area contributed by atoms with Crippen LogP contribution in [0.3, 0.4) is 0 Å². The Morgan fingerprint density at radius 2 is 1.69 bits per heavy atom. The van der Waals surface area contributed by atoms with Crippen LogP contribution in [0.15, 0.2) is 34.9 Å². The van der Waals surface area contributed by atoms with Gasteiger partial charge in [0.25, 0.3) is 0 Å². The Hall–Kier alpha value is -2.38. The lowest BCUT2D eigenvalue weighted by Crippen LogP contribution is -2.53. The van der Waals surface area contributed by atoms with Crippen molar-refractivity contribution in [3.8, 4) is 0 Å². The summed E-state index contributed by atoms with van der Waals surface area (Å²) in [5.41, 5.74) is 3.46. The van der Waals surface area contributed by atoms with Gasteiger partial charge >= 0.3 is 0 Å². The van der Waals surface area contributed by atoms with Gasteiger partial charge in [0, 0.05) is 64.1 Å². The molecule has 156 valence electrons. The average molecular weight is 398 g/mol. The second-order valence-corrected chi connectivity index (χ2v) is 8.19. The van der Waals surface area contributed by atoms with Crippen molar-refractivity contribution in [3.63, 3.8) is 0 Å². The summed E-state index contributed by atoms with van der Waals surface area (Å²) in [4.78, 5) is 21.8. The summed E-state index contributed by atoms with van der Waals surface area (Å²) in [5, 5.41) is 3.95. The highest BCUT2D eigenvalue weighted by Crippen LogP contribution is 2.18. The van der Waals surface area contributed by atoms with E-state index in [1.807, 2.05) is 17.9 Å². The van der Waals surface area contributed by atoms with E-state index in [1.165, 1.54) is 11.3 Å². The first-order valence-corrected chi connectivity index (χ1v) is 10.5. The number of carbonyl (C=O) groups excluding carboxylic acids is 1.